The molecule has 7 heteroatoms. The summed E-state index contributed by atoms with van der Waals surface area (Å²) in [5.41, 5.74) is 2.38. The Bertz CT molecular complexity index is 910. The van der Waals surface area contributed by atoms with Gasteiger partial charge in [-0.3, -0.25) is 9.79 Å². The molecular weight excluding hydrogens is 335 g/mol. The zero-order valence-corrected chi connectivity index (χ0v) is 14.7. The average Bonchev–Trinajstić information content (AvgIpc) is 2.73. The molecule has 0 aliphatic carbocycles. The van der Waals surface area contributed by atoms with Gasteiger partial charge in [-0.15, -0.1) is 0 Å². The van der Waals surface area contributed by atoms with Gasteiger partial charge >= 0.3 is 6.03 Å². The van der Waals surface area contributed by atoms with E-state index in [1.54, 1.807) is 50.4 Å². The van der Waals surface area contributed by atoms with Crippen molar-refractivity contribution >= 4 is 29.0 Å². The summed E-state index contributed by atoms with van der Waals surface area (Å²) >= 11 is 0. The molecule has 0 fully saturated rings. The Kier molecular flexibility index (Phi) is 4.71. The highest BCUT2D eigenvalue weighted by Crippen LogP contribution is 2.30. The molecule has 0 aromatic heterocycles. The molecule has 0 saturated heterocycles. The van der Waals surface area contributed by atoms with E-state index >= 15 is 0 Å². The number of hydrogen-bond donors (Lipinski definition) is 2. The molecule has 6 nitrogen and oxygen atoms in total. The average molecular weight is 354 g/mol. The molecule has 0 spiro atoms. The molecule has 0 radical (unpaired) electrons. The van der Waals surface area contributed by atoms with Crippen molar-refractivity contribution in [2.24, 2.45) is 4.99 Å². The summed E-state index contributed by atoms with van der Waals surface area (Å²) in [5.74, 6) is -0.615. The first-order chi connectivity index (χ1) is 12.4. The van der Waals surface area contributed by atoms with Gasteiger partial charge in [-0.25, -0.2) is 9.18 Å². The molecule has 1 aliphatic rings. The van der Waals surface area contributed by atoms with Crippen LogP contribution in [-0.2, 0) is 4.79 Å². The second-order valence-electron chi connectivity index (χ2n) is 5.97. The number of carbonyl (C=O) groups is 2. The molecule has 2 aromatic rings. The van der Waals surface area contributed by atoms with Crippen molar-refractivity contribution in [3.8, 4) is 0 Å². The minimum absolute atomic E-state index is 0.190. The Morgan fingerprint density at radius 3 is 2.62 bits per heavy atom. The van der Waals surface area contributed by atoms with Gasteiger partial charge in [0.25, 0.3) is 5.91 Å². The number of benzodiazepines with no additional fused rings is 1. The van der Waals surface area contributed by atoms with E-state index in [1.807, 2.05) is 0 Å². The van der Waals surface area contributed by atoms with E-state index in [0.717, 1.165) is 0 Å². The number of rotatable bonds is 2. The molecule has 3 rings (SSSR count). The van der Waals surface area contributed by atoms with E-state index in [0.29, 0.717) is 28.2 Å². The number of aliphatic imine (C=N–C) groups is 1. The quantitative estimate of drug-likeness (QED) is 0.870. The molecule has 0 saturated carbocycles. The Balaban J connectivity index is 2.21. The highest BCUT2D eigenvalue weighted by Gasteiger charge is 2.28. The largest absolute Gasteiger partial charge is 0.341 e. The molecule has 2 aromatic carbocycles. The van der Waals surface area contributed by atoms with E-state index in [2.05, 4.69) is 15.6 Å². The number of urea groups is 1. The Labute approximate surface area is 150 Å². The van der Waals surface area contributed by atoms with Gasteiger partial charge in [0.2, 0.25) is 0 Å². The number of fused-ring (bicyclic) bond motifs is 1. The van der Waals surface area contributed by atoms with Gasteiger partial charge < -0.3 is 15.5 Å². The number of benzene rings is 2. The van der Waals surface area contributed by atoms with Crippen molar-refractivity contribution in [1.82, 2.24) is 5.32 Å². The van der Waals surface area contributed by atoms with E-state index in [4.69, 9.17) is 0 Å². The van der Waals surface area contributed by atoms with Crippen LogP contribution in [0.1, 0.15) is 18.1 Å². The van der Waals surface area contributed by atoms with Crippen LogP contribution in [0, 0.1) is 5.82 Å². The normalized spacial score (nSPS) is 16.5. The van der Waals surface area contributed by atoms with Gasteiger partial charge in [-0.2, -0.15) is 0 Å². The zero-order chi connectivity index (χ0) is 18.8. The molecule has 1 unspecified atom stereocenters. The first kappa shape index (κ1) is 17.6. The third-order valence-electron chi connectivity index (χ3n) is 4.24. The number of carbonyl (C=O) groups excluding carboxylic acids is 2. The summed E-state index contributed by atoms with van der Waals surface area (Å²) in [7, 11) is 3.17. The van der Waals surface area contributed by atoms with Crippen LogP contribution in [0.25, 0.3) is 0 Å². The smallest absolute Gasteiger partial charge is 0.318 e. The summed E-state index contributed by atoms with van der Waals surface area (Å²) in [6, 6.07) is 10.4. The van der Waals surface area contributed by atoms with Gasteiger partial charge in [0.1, 0.15) is 11.9 Å². The highest BCUT2D eigenvalue weighted by molar-refractivity contribution is 6.20. The topological polar surface area (TPSA) is 73.8 Å². The molecule has 1 aliphatic heterocycles. The lowest BCUT2D eigenvalue weighted by atomic mass is 9.99. The third-order valence-corrected chi connectivity index (χ3v) is 4.24. The van der Waals surface area contributed by atoms with Gasteiger partial charge in [-0.1, -0.05) is 12.1 Å². The lowest BCUT2D eigenvalue weighted by Crippen LogP contribution is -2.33. The predicted molar refractivity (Wildman–Crippen MR) is 99.4 cm³/mol. The van der Waals surface area contributed by atoms with Gasteiger partial charge in [0.05, 0.1) is 11.4 Å². The second kappa shape index (κ2) is 6.95. The summed E-state index contributed by atoms with van der Waals surface area (Å²) in [4.78, 5) is 30.1. The number of likely N-dealkylation sites (N-methyl/N-ethyl adjacent to an activating group) is 1. The number of halogens is 1. The molecular formula is C19H19FN4O2. The molecule has 1 atom stereocenters. The maximum Gasteiger partial charge on any atom is 0.318 e. The van der Waals surface area contributed by atoms with Crippen LogP contribution in [-0.4, -0.2) is 37.8 Å². The predicted octanol–water partition coefficient (Wildman–Crippen LogP) is 2.78. The minimum Gasteiger partial charge on any atom is -0.341 e. The Morgan fingerprint density at radius 1 is 1.19 bits per heavy atom. The van der Waals surface area contributed by atoms with Crippen LogP contribution in [0.15, 0.2) is 47.5 Å². The van der Waals surface area contributed by atoms with Gasteiger partial charge in [0, 0.05) is 30.9 Å². The summed E-state index contributed by atoms with van der Waals surface area (Å²) < 4.78 is 14.4. The van der Waals surface area contributed by atoms with E-state index in [9.17, 15) is 14.0 Å². The SMILES string of the molecule is CNC(=O)Nc1ccc2c(c1)C(c1ccccc1F)=NC(C)C(=O)N2C. The number of nitrogens with zero attached hydrogens (tertiary/aromatic N) is 2. The fraction of sp³-hybridized carbons (Fsp3) is 0.211. The lowest BCUT2D eigenvalue weighted by molar-refractivity contribution is -0.119. The zero-order valence-electron chi connectivity index (χ0n) is 14.7. The second-order valence-corrected chi connectivity index (χ2v) is 5.97. The highest BCUT2D eigenvalue weighted by atomic mass is 19.1. The van der Waals surface area contributed by atoms with Crippen molar-refractivity contribution in [1.29, 1.82) is 0 Å². The Hall–Kier alpha value is -3.22. The number of hydrogen-bond acceptors (Lipinski definition) is 3. The number of anilines is 2. The summed E-state index contributed by atoms with van der Waals surface area (Å²) in [6.45, 7) is 1.68. The van der Waals surface area contributed by atoms with Crippen LogP contribution in [0.3, 0.4) is 0 Å². The standard InChI is InChI=1S/C19H19FN4O2/c1-11-18(25)24(3)16-9-8-12(23-19(26)21-2)10-14(16)17(22-11)13-6-4-5-7-15(13)20/h4-11H,1-3H3,(H2,21,23,26). The van der Waals surface area contributed by atoms with Crippen LogP contribution in [0.4, 0.5) is 20.6 Å². The number of nitrogens with one attached hydrogen (secondary N) is 2. The van der Waals surface area contributed by atoms with Gasteiger partial charge in [-0.05, 0) is 37.3 Å². The summed E-state index contributed by atoms with van der Waals surface area (Å²) in [5, 5.41) is 5.16. The maximum atomic E-state index is 14.4. The molecule has 2 N–H and O–H groups in total. The van der Waals surface area contributed by atoms with Crippen molar-refractivity contribution in [3.63, 3.8) is 0 Å². The van der Waals surface area contributed by atoms with Crippen LogP contribution < -0.4 is 15.5 Å². The minimum atomic E-state index is -0.655. The fourth-order valence-corrected chi connectivity index (χ4v) is 2.87. The molecule has 1 heterocycles. The maximum absolute atomic E-state index is 14.4. The van der Waals surface area contributed by atoms with Crippen molar-refractivity contribution in [2.45, 2.75) is 13.0 Å². The van der Waals surface area contributed by atoms with E-state index < -0.39 is 11.9 Å². The third kappa shape index (κ3) is 3.15. The molecule has 26 heavy (non-hydrogen) atoms. The van der Waals surface area contributed by atoms with E-state index in [1.165, 1.54) is 18.0 Å². The van der Waals surface area contributed by atoms with Gasteiger partial charge in [0.15, 0.2) is 0 Å². The van der Waals surface area contributed by atoms with Crippen molar-refractivity contribution in [3.05, 3.63) is 59.4 Å². The Morgan fingerprint density at radius 2 is 1.92 bits per heavy atom. The summed E-state index contributed by atoms with van der Waals surface area (Å²) in [6.07, 6.45) is 0. The van der Waals surface area contributed by atoms with Crippen LogP contribution in [0.5, 0.6) is 0 Å². The monoisotopic (exact) mass is 354 g/mol. The number of amides is 3. The fourth-order valence-electron chi connectivity index (χ4n) is 2.87. The van der Waals surface area contributed by atoms with E-state index in [-0.39, 0.29) is 11.9 Å². The van der Waals surface area contributed by atoms with Crippen LogP contribution >= 0.6 is 0 Å². The van der Waals surface area contributed by atoms with Crippen molar-refractivity contribution in [2.75, 3.05) is 24.3 Å². The van der Waals surface area contributed by atoms with Crippen molar-refractivity contribution < 1.29 is 14.0 Å². The first-order valence-electron chi connectivity index (χ1n) is 8.15. The lowest BCUT2D eigenvalue weighted by Gasteiger charge is -2.20. The molecule has 0 bridgehead atoms. The van der Waals surface area contributed by atoms with Crippen LogP contribution in [0.2, 0.25) is 0 Å². The first-order valence-corrected chi connectivity index (χ1v) is 8.15. The molecule has 134 valence electrons. The molecule has 3 amide bonds.